The summed E-state index contributed by atoms with van der Waals surface area (Å²) in [6.07, 6.45) is 2.83. The monoisotopic (exact) mass is 409 g/mol. The number of likely N-dealkylation sites (N-methyl/N-ethyl adjacent to an activating group) is 1. The third-order valence-corrected chi connectivity index (χ3v) is 3.97. The molecule has 9 heteroatoms. The number of nitrogens with zero attached hydrogens (tertiary/aromatic N) is 1. The van der Waals surface area contributed by atoms with Crippen molar-refractivity contribution in [3.63, 3.8) is 0 Å². The second kappa shape index (κ2) is 9.72. The van der Waals surface area contributed by atoms with E-state index < -0.39 is 12.6 Å². The number of esters is 1. The van der Waals surface area contributed by atoms with Gasteiger partial charge in [0.15, 0.2) is 11.5 Å². The van der Waals surface area contributed by atoms with Crippen LogP contribution in [0.25, 0.3) is 6.08 Å². The minimum atomic E-state index is -2.97. The van der Waals surface area contributed by atoms with E-state index in [0.717, 1.165) is 0 Å². The largest absolute Gasteiger partial charge is 0.493 e. The molecule has 1 aromatic carbocycles. The van der Waals surface area contributed by atoms with Crippen molar-refractivity contribution in [2.45, 2.75) is 20.1 Å². The molecule has 0 aliphatic heterocycles. The summed E-state index contributed by atoms with van der Waals surface area (Å²) in [5.41, 5.74) is 0.865. The zero-order chi connectivity index (χ0) is 21.6. The lowest BCUT2D eigenvalue weighted by molar-refractivity contribution is -0.125. The van der Waals surface area contributed by atoms with Crippen molar-refractivity contribution in [3.05, 3.63) is 53.0 Å². The molecular weight excluding hydrogens is 388 g/mol. The van der Waals surface area contributed by atoms with E-state index in [0.29, 0.717) is 22.6 Å². The molecule has 0 N–H and O–H groups in total. The predicted molar refractivity (Wildman–Crippen MR) is 99.9 cm³/mol. The molecule has 0 spiro atoms. The Morgan fingerprint density at radius 2 is 1.93 bits per heavy atom. The summed E-state index contributed by atoms with van der Waals surface area (Å²) in [5.74, 6) is 0.0150. The molecule has 156 valence electrons. The van der Waals surface area contributed by atoms with E-state index in [4.69, 9.17) is 9.15 Å². The Morgan fingerprint density at radius 3 is 2.55 bits per heavy atom. The number of aryl methyl sites for hydroxylation is 1. The molecule has 0 unspecified atom stereocenters. The number of ether oxygens (including phenoxy) is 3. The summed E-state index contributed by atoms with van der Waals surface area (Å²) < 4.78 is 44.3. The van der Waals surface area contributed by atoms with Gasteiger partial charge in [0.1, 0.15) is 17.1 Å². The molecular formula is C20H21F2NO6. The molecule has 7 nitrogen and oxygen atoms in total. The van der Waals surface area contributed by atoms with Gasteiger partial charge in [0.05, 0.1) is 20.8 Å². The third kappa shape index (κ3) is 5.81. The quantitative estimate of drug-likeness (QED) is 0.489. The highest BCUT2D eigenvalue weighted by atomic mass is 19.3. The van der Waals surface area contributed by atoms with Crippen LogP contribution in [0.3, 0.4) is 0 Å². The Bertz CT molecular complexity index is 906. The molecule has 1 aromatic heterocycles. The maximum atomic E-state index is 12.4. The summed E-state index contributed by atoms with van der Waals surface area (Å²) in [5, 5.41) is 0. The van der Waals surface area contributed by atoms with Crippen LogP contribution in [-0.4, -0.2) is 44.7 Å². The van der Waals surface area contributed by atoms with Crippen molar-refractivity contribution in [1.82, 2.24) is 4.90 Å². The number of carbonyl (C=O) groups excluding carboxylic acids is 2. The van der Waals surface area contributed by atoms with E-state index in [1.807, 2.05) is 0 Å². The molecule has 0 radical (unpaired) electrons. The van der Waals surface area contributed by atoms with Crippen LogP contribution in [0.5, 0.6) is 11.5 Å². The Labute approximate surface area is 166 Å². The van der Waals surface area contributed by atoms with Crippen molar-refractivity contribution in [2.24, 2.45) is 0 Å². The lowest BCUT2D eigenvalue weighted by atomic mass is 10.2. The van der Waals surface area contributed by atoms with Gasteiger partial charge in [-0.15, -0.1) is 0 Å². The molecule has 0 saturated heterocycles. The Morgan fingerprint density at radius 1 is 1.21 bits per heavy atom. The topological polar surface area (TPSA) is 78.2 Å². The van der Waals surface area contributed by atoms with Crippen molar-refractivity contribution in [3.8, 4) is 11.5 Å². The van der Waals surface area contributed by atoms with E-state index in [-0.39, 0.29) is 24.0 Å². The van der Waals surface area contributed by atoms with Crippen LogP contribution in [0.1, 0.15) is 27.4 Å². The highest BCUT2D eigenvalue weighted by Crippen LogP contribution is 2.29. The average molecular weight is 409 g/mol. The molecule has 1 heterocycles. The van der Waals surface area contributed by atoms with Gasteiger partial charge in [-0.25, -0.2) is 4.79 Å². The summed E-state index contributed by atoms with van der Waals surface area (Å²) in [4.78, 5) is 25.3. The van der Waals surface area contributed by atoms with Gasteiger partial charge in [-0.2, -0.15) is 8.78 Å². The van der Waals surface area contributed by atoms with Crippen LogP contribution in [0.2, 0.25) is 0 Å². The SMILES string of the molecule is COC(=O)c1cc(CN(C)C(=O)/C=C/c2ccc(OC(F)F)c(OC)c2)oc1C. The molecule has 2 aromatic rings. The summed E-state index contributed by atoms with van der Waals surface area (Å²) >= 11 is 0. The first-order chi connectivity index (χ1) is 13.7. The molecule has 0 aliphatic rings. The summed E-state index contributed by atoms with van der Waals surface area (Å²) in [6, 6.07) is 5.85. The van der Waals surface area contributed by atoms with E-state index >= 15 is 0 Å². The van der Waals surface area contributed by atoms with E-state index in [1.165, 1.54) is 55.5 Å². The van der Waals surface area contributed by atoms with Gasteiger partial charge in [0, 0.05) is 13.1 Å². The first kappa shape index (κ1) is 21.9. The average Bonchev–Trinajstić information content (AvgIpc) is 3.05. The maximum absolute atomic E-state index is 12.4. The maximum Gasteiger partial charge on any atom is 0.387 e. The number of hydrogen-bond acceptors (Lipinski definition) is 6. The van der Waals surface area contributed by atoms with E-state index in [1.54, 1.807) is 14.0 Å². The summed E-state index contributed by atoms with van der Waals surface area (Å²) in [6.45, 7) is -1.19. The predicted octanol–water partition coefficient (Wildman–Crippen LogP) is 3.66. The number of amides is 1. The number of alkyl halides is 2. The fourth-order valence-electron chi connectivity index (χ4n) is 2.52. The second-order valence-electron chi connectivity index (χ2n) is 5.99. The molecule has 0 saturated carbocycles. The van der Waals surface area contributed by atoms with Crippen LogP contribution < -0.4 is 9.47 Å². The molecule has 0 bridgehead atoms. The molecule has 29 heavy (non-hydrogen) atoms. The number of furan rings is 1. The lowest BCUT2D eigenvalue weighted by Crippen LogP contribution is -2.23. The van der Waals surface area contributed by atoms with Gasteiger partial charge < -0.3 is 23.5 Å². The van der Waals surface area contributed by atoms with E-state index in [9.17, 15) is 18.4 Å². The third-order valence-electron chi connectivity index (χ3n) is 3.97. The van der Waals surface area contributed by atoms with Gasteiger partial charge in [-0.3, -0.25) is 4.79 Å². The molecule has 2 rings (SSSR count). The fraction of sp³-hybridized carbons (Fsp3) is 0.300. The number of rotatable bonds is 8. The van der Waals surface area contributed by atoms with Crippen molar-refractivity contribution >= 4 is 18.0 Å². The van der Waals surface area contributed by atoms with Gasteiger partial charge in [0.2, 0.25) is 5.91 Å². The van der Waals surface area contributed by atoms with E-state index in [2.05, 4.69) is 9.47 Å². The summed E-state index contributed by atoms with van der Waals surface area (Å²) in [7, 11) is 4.17. The lowest BCUT2D eigenvalue weighted by Gasteiger charge is -2.13. The molecule has 0 aliphatic carbocycles. The number of hydrogen-bond donors (Lipinski definition) is 0. The van der Waals surface area contributed by atoms with Gasteiger partial charge >= 0.3 is 12.6 Å². The first-order valence-electron chi connectivity index (χ1n) is 8.48. The van der Waals surface area contributed by atoms with Crippen LogP contribution >= 0.6 is 0 Å². The molecule has 1 amide bonds. The number of carbonyl (C=O) groups is 2. The first-order valence-corrected chi connectivity index (χ1v) is 8.48. The zero-order valence-corrected chi connectivity index (χ0v) is 16.4. The van der Waals surface area contributed by atoms with Crippen LogP contribution in [0.4, 0.5) is 8.78 Å². The normalized spacial score (nSPS) is 11.0. The minimum absolute atomic E-state index is 0.0994. The van der Waals surface area contributed by atoms with Crippen LogP contribution in [-0.2, 0) is 16.1 Å². The Hall–Kier alpha value is -3.36. The number of halogens is 2. The van der Waals surface area contributed by atoms with Crippen LogP contribution in [0, 0.1) is 6.92 Å². The number of methoxy groups -OCH3 is 2. The second-order valence-corrected chi connectivity index (χ2v) is 5.99. The highest BCUT2D eigenvalue weighted by Gasteiger charge is 2.17. The van der Waals surface area contributed by atoms with Gasteiger partial charge in [-0.1, -0.05) is 6.07 Å². The Balaban J connectivity index is 2.05. The number of benzene rings is 1. The fourth-order valence-corrected chi connectivity index (χ4v) is 2.52. The highest BCUT2D eigenvalue weighted by molar-refractivity contribution is 5.92. The van der Waals surface area contributed by atoms with Crippen molar-refractivity contribution < 1.29 is 37.0 Å². The van der Waals surface area contributed by atoms with Crippen molar-refractivity contribution in [2.75, 3.05) is 21.3 Å². The smallest absolute Gasteiger partial charge is 0.387 e. The van der Waals surface area contributed by atoms with Gasteiger partial charge in [0.25, 0.3) is 0 Å². The Kier molecular flexibility index (Phi) is 7.35. The van der Waals surface area contributed by atoms with Crippen LogP contribution in [0.15, 0.2) is 34.8 Å². The van der Waals surface area contributed by atoms with Crippen molar-refractivity contribution in [1.29, 1.82) is 0 Å². The minimum Gasteiger partial charge on any atom is -0.493 e. The standard InChI is InChI=1S/C20H21F2NO6/c1-12-15(19(25)27-4)10-14(28-12)11-23(2)18(24)8-6-13-5-7-16(29-20(21)22)17(9-13)26-3/h5-10,20H,11H2,1-4H3/b8-6+. The van der Waals surface area contributed by atoms with Gasteiger partial charge in [-0.05, 0) is 36.8 Å². The molecule has 0 fully saturated rings. The zero-order valence-electron chi connectivity index (χ0n) is 16.4. The molecule has 0 atom stereocenters.